The van der Waals surface area contributed by atoms with Gasteiger partial charge in [-0.05, 0) is 44.7 Å². The summed E-state index contributed by atoms with van der Waals surface area (Å²) in [5, 5.41) is 5.66. The zero-order valence-electron chi connectivity index (χ0n) is 14.8. The molecule has 0 aliphatic rings. The van der Waals surface area contributed by atoms with Crippen LogP contribution in [0.1, 0.15) is 40.2 Å². The predicted molar refractivity (Wildman–Crippen MR) is 100 cm³/mol. The lowest BCUT2D eigenvalue weighted by Gasteiger charge is -2.04. The highest BCUT2D eigenvalue weighted by molar-refractivity contribution is 5.82. The first kappa shape index (κ1) is 17.1. The van der Waals surface area contributed by atoms with Crippen molar-refractivity contribution in [1.29, 1.82) is 0 Å². The Labute approximate surface area is 138 Å². The summed E-state index contributed by atoms with van der Waals surface area (Å²) >= 11 is 0. The molecule has 0 fully saturated rings. The number of para-hydroxylation sites is 1. The first-order valence-corrected chi connectivity index (χ1v) is 8.30. The molecule has 2 heteroatoms. The van der Waals surface area contributed by atoms with Crippen molar-refractivity contribution in [2.45, 2.75) is 41.0 Å². The summed E-state index contributed by atoms with van der Waals surface area (Å²) in [6, 6.07) is 6.44. The Hall–Kier alpha value is -2.22. The second kappa shape index (κ2) is 7.87. The number of rotatable bonds is 5. The van der Waals surface area contributed by atoms with E-state index >= 15 is 0 Å². The molecular weight excluding hydrogens is 282 g/mol. The van der Waals surface area contributed by atoms with Gasteiger partial charge in [0, 0.05) is 16.8 Å². The molecule has 0 saturated heterocycles. The molecule has 0 aliphatic carbocycles. The van der Waals surface area contributed by atoms with Crippen LogP contribution in [0.5, 0.6) is 0 Å². The topological polar surface area (TPSA) is 25.2 Å². The van der Waals surface area contributed by atoms with E-state index in [1.54, 1.807) is 0 Å². The van der Waals surface area contributed by atoms with Gasteiger partial charge in [0.15, 0.2) is 5.42 Å². The van der Waals surface area contributed by atoms with E-state index in [1.807, 2.05) is 38.3 Å². The summed E-state index contributed by atoms with van der Waals surface area (Å²) in [7, 11) is 0. The van der Waals surface area contributed by atoms with Crippen molar-refractivity contribution in [3.8, 4) is 0 Å². The van der Waals surface area contributed by atoms with Gasteiger partial charge in [-0.15, -0.1) is 0 Å². The lowest BCUT2D eigenvalue weighted by Crippen LogP contribution is -2.26. The number of fused-ring (bicyclic) bond motifs is 1. The van der Waals surface area contributed by atoms with Crippen molar-refractivity contribution in [3.63, 3.8) is 0 Å². The van der Waals surface area contributed by atoms with Gasteiger partial charge in [0.25, 0.3) is 0 Å². The van der Waals surface area contributed by atoms with E-state index in [1.165, 1.54) is 10.9 Å². The normalized spacial score (nSPS) is 14.6. The maximum atomic E-state index is 6.26. The van der Waals surface area contributed by atoms with Gasteiger partial charge in [-0.3, -0.25) is 0 Å². The number of hydrogen-bond donors (Lipinski definition) is 1. The first-order chi connectivity index (χ1) is 11.1. The highest BCUT2D eigenvalue weighted by Gasteiger charge is 2.10. The number of furan rings is 1. The van der Waals surface area contributed by atoms with Crippen LogP contribution in [-0.2, 0) is 6.42 Å². The van der Waals surface area contributed by atoms with Gasteiger partial charge in [0.1, 0.15) is 5.58 Å². The van der Waals surface area contributed by atoms with Crippen LogP contribution in [0, 0.1) is 5.92 Å². The Kier molecular flexibility index (Phi) is 5.86. The maximum absolute atomic E-state index is 6.26. The average molecular weight is 309 g/mol. The molecule has 1 aromatic carbocycles. The van der Waals surface area contributed by atoms with E-state index in [-0.39, 0.29) is 0 Å². The molecule has 23 heavy (non-hydrogen) atoms. The van der Waals surface area contributed by atoms with Crippen LogP contribution >= 0.6 is 0 Å². The largest absolute Gasteiger partial charge is 0.454 e. The fraction of sp³-hybridized carbons (Fsp3) is 0.333. The molecular formula is C21H27NO. The fourth-order valence-corrected chi connectivity index (χ4v) is 2.77. The van der Waals surface area contributed by atoms with E-state index in [0.29, 0.717) is 5.92 Å². The minimum Gasteiger partial charge on any atom is -0.454 e. The molecule has 1 heterocycles. The smallest absolute Gasteiger partial charge is 0.153 e. The zero-order chi connectivity index (χ0) is 16.8. The molecule has 0 saturated carbocycles. The number of hydrogen-bond acceptors (Lipinski definition) is 2. The molecule has 2 aromatic rings. The van der Waals surface area contributed by atoms with Crippen LogP contribution in [-0.4, -0.2) is 0 Å². The van der Waals surface area contributed by atoms with Crippen molar-refractivity contribution >= 4 is 22.7 Å². The predicted octanol–water partition coefficient (Wildman–Crippen LogP) is 4.24. The molecule has 0 atom stereocenters. The SMILES string of the molecule is C/C=C\C=C/N/C(C)=c1\oc2c(CC(C)C)cccc2\c1=C\C. The lowest BCUT2D eigenvalue weighted by molar-refractivity contribution is 0.557. The highest BCUT2D eigenvalue weighted by Crippen LogP contribution is 2.18. The maximum Gasteiger partial charge on any atom is 0.153 e. The second-order valence-electron chi connectivity index (χ2n) is 6.18. The molecule has 0 unspecified atom stereocenters. The summed E-state index contributed by atoms with van der Waals surface area (Å²) in [5.41, 5.74) is 4.24. The van der Waals surface area contributed by atoms with Crippen molar-refractivity contribution in [2.75, 3.05) is 0 Å². The van der Waals surface area contributed by atoms with Gasteiger partial charge in [0.05, 0.1) is 5.70 Å². The summed E-state index contributed by atoms with van der Waals surface area (Å²) in [6.45, 7) is 10.6. The Morgan fingerprint density at radius 1 is 1.22 bits per heavy atom. The van der Waals surface area contributed by atoms with E-state index < -0.39 is 0 Å². The van der Waals surface area contributed by atoms with Crippen LogP contribution in [0.15, 0.2) is 47.0 Å². The van der Waals surface area contributed by atoms with Crippen LogP contribution in [0.4, 0.5) is 0 Å². The molecule has 1 N–H and O–H groups in total. The second-order valence-corrected chi connectivity index (χ2v) is 6.18. The molecule has 1 aromatic heterocycles. The quantitative estimate of drug-likeness (QED) is 0.836. The van der Waals surface area contributed by atoms with Crippen molar-refractivity contribution in [1.82, 2.24) is 5.32 Å². The van der Waals surface area contributed by atoms with Crippen molar-refractivity contribution < 1.29 is 4.42 Å². The Balaban J connectivity index is 2.61. The summed E-state index contributed by atoms with van der Waals surface area (Å²) < 4.78 is 6.26. The van der Waals surface area contributed by atoms with Gasteiger partial charge in [0.2, 0.25) is 0 Å². The standard InChI is InChI=1S/C21H27NO/c1-6-8-9-13-22-16(5)20-18(7-2)19-12-10-11-17(14-15(3)4)21(19)23-20/h6-13,15,22H,14H2,1-5H3/b8-6-,13-9-,18-7-,20-16-. The van der Waals surface area contributed by atoms with Crippen LogP contribution in [0.25, 0.3) is 22.7 Å². The number of allylic oxidation sites excluding steroid dienone is 3. The van der Waals surface area contributed by atoms with Crippen LogP contribution in [0.3, 0.4) is 0 Å². The van der Waals surface area contributed by atoms with E-state index in [4.69, 9.17) is 4.42 Å². The molecule has 2 rings (SSSR count). The molecule has 122 valence electrons. The zero-order valence-corrected chi connectivity index (χ0v) is 14.8. The minimum absolute atomic E-state index is 0.607. The molecule has 2 nitrogen and oxygen atoms in total. The van der Waals surface area contributed by atoms with E-state index in [2.05, 4.69) is 50.4 Å². The molecule has 0 spiro atoms. The molecule has 0 bridgehead atoms. The van der Waals surface area contributed by atoms with E-state index in [9.17, 15) is 0 Å². The highest BCUT2D eigenvalue weighted by atomic mass is 16.3. The van der Waals surface area contributed by atoms with Gasteiger partial charge in [-0.25, -0.2) is 0 Å². The van der Waals surface area contributed by atoms with Crippen molar-refractivity contribution in [2.24, 2.45) is 5.92 Å². The Bertz CT molecular complexity index is 835. The van der Waals surface area contributed by atoms with Gasteiger partial charge in [-0.2, -0.15) is 0 Å². The Morgan fingerprint density at radius 3 is 2.65 bits per heavy atom. The molecule has 0 aliphatic heterocycles. The lowest BCUT2D eigenvalue weighted by atomic mass is 10.0. The van der Waals surface area contributed by atoms with Gasteiger partial charge < -0.3 is 9.73 Å². The monoisotopic (exact) mass is 309 g/mol. The Morgan fingerprint density at radius 2 is 2.00 bits per heavy atom. The summed E-state index contributed by atoms with van der Waals surface area (Å²) in [6.07, 6.45) is 11.1. The van der Waals surface area contributed by atoms with E-state index in [0.717, 1.165) is 28.3 Å². The van der Waals surface area contributed by atoms with Crippen molar-refractivity contribution in [3.05, 3.63) is 58.8 Å². The summed E-state index contributed by atoms with van der Waals surface area (Å²) in [5.74, 6) is 0.607. The van der Waals surface area contributed by atoms with Crippen LogP contribution < -0.4 is 16.0 Å². The third-order valence-electron chi connectivity index (χ3n) is 3.79. The first-order valence-electron chi connectivity index (χ1n) is 8.30. The molecule has 0 amide bonds. The minimum atomic E-state index is 0.607. The summed E-state index contributed by atoms with van der Waals surface area (Å²) in [4.78, 5) is 0. The third-order valence-corrected chi connectivity index (χ3v) is 3.79. The molecule has 0 radical (unpaired) electrons. The number of nitrogens with one attached hydrogen (secondary N) is 1. The third kappa shape index (κ3) is 3.95. The fourth-order valence-electron chi connectivity index (χ4n) is 2.77. The average Bonchev–Trinajstić information content (AvgIpc) is 2.90. The van der Waals surface area contributed by atoms with Crippen LogP contribution in [0.2, 0.25) is 0 Å². The van der Waals surface area contributed by atoms with Gasteiger partial charge >= 0.3 is 0 Å². The number of benzene rings is 1. The van der Waals surface area contributed by atoms with Gasteiger partial charge in [-0.1, -0.05) is 50.3 Å².